The Balaban J connectivity index is 1.35. The van der Waals surface area contributed by atoms with Crippen molar-refractivity contribution in [2.45, 2.75) is 94.0 Å². The molecule has 1 unspecified atom stereocenters. The molecule has 1 aliphatic carbocycles. The smallest absolute Gasteiger partial charge is 0.239 e. The third-order valence-corrected chi connectivity index (χ3v) is 11.4. The van der Waals surface area contributed by atoms with E-state index < -0.39 is 34.1 Å². The Morgan fingerprint density at radius 3 is 2.33 bits per heavy atom. The van der Waals surface area contributed by atoms with Gasteiger partial charge in [-0.2, -0.15) is 0 Å². The van der Waals surface area contributed by atoms with Gasteiger partial charge in [0.1, 0.15) is 6.04 Å². The van der Waals surface area contributed by atoms with E-state index in [1.807, 2.05) is 93.6 Å². The molecule has 266 valence electrons. The minimum Gasteiger partial charge on any atom is -0.390 e. The summed E-state index contributed by atoms with van der Waals surface area (Å²) in [5.41, 5.74) is 0.541. The fraction of sp³-hybridized carbons (Fsp3) is 0.526. The number of carbonyl (C=O) groups excluding carboxylic acids is 2. The van der Waals surface area contributed by atoms with Crippen molar-refractivity contribution in [1.29, 1.82) is 0 Å². The average Bonchev–Trinajstić information content (AvgIpc) is 3.05. The van der Waals surface area contributed by atoms with Gasteiger partial charge >= 0.3 is 0 Å². The van der Waals surface area contributed by atoms with Gasteiger partial charge in [-0.25, -0.2) is 13.1 Å². The largest absolute Gasteiger partial charge is 0.390 e. The maximum Gasteiger partial charge on any atom is 0.239 e. The lowest BCUT2D eigenvalue weighted by Crippen LogP contribution is -2.61. The number of fused-ring (bicyclic) bond motifs is 2. The van der Waals surface area contributed by atoms with Crippen LogP contribution in [0.2, 0.25) is 0 Å². The molecular weight excluding hydrogens is 657 g/mol. The second-order valence-corrected chi connectivity index (χ2v) is 17.8. The van der Waals surface area contributed by atoms with Crippen molar-refractivity contribution in [2.75, 3.05) is 25.1 Å². The number of aliphatic hydroxyl groups excluding tert-OH is 1. The Bertz CT molecular complexity index is 1680. The molecule has 3 aromatic carbocycles. The van der Waals surface area contributed by atoms with Crippen LogP contribution in [0.4, 0.5) is 0 Å². The molecule has 0 bridgehead atoms. The van der Waals surface area contributed by atoms with E-state index in [0.717, 1.165) is 53.3 Å². The number of β-amino-alcohol motifs (C(OH)–C–C–N with tert-alkyl or cyclic N) is 1. The highest BCUT2D eigenvalue weighted by atomic mass is 32.2. The van der Waals surface area contributed by atoms with Gasteiger partial charge in [-0.1, -0.05) is 79.9 Å². The molecule has 2 amide bonds. The first-order valence-electron chi connectivity index (χ1n) is 17.4. The minimum absolute atomic E-state index is 0.0319. The number of carbonyl (C=O) groups is 2. The maximum absolute atomic E-state index is 13.9. The van der Waals surface area contributed by atoms with Crippen LogP contribution in [0.5, 0.6) is 0 Å². The standard InChI is InChI=1S/C38H52N4O5S2/c1-38(2,3)40-37(45)34-22-29-16-10-11-17-30(29)23-42(34)24-35(43)32(20-26-12-6-5-7-13-26)39-36(44)33(41-49(4,46)47)25-48-31-19-18-27-14-8-9-15-28(27)21-31/h5-9,12-15,18-19,21,29-30,32-35,41,43H,10-11,16-17,20,22-25H2,1-4H3,(H,39,44)(H,40,45)/t29-,30+,32-,33+,34?,35+/m0/s1. The van der Waals surface area contributed by atoms with Crippen LogP contribution in [0.15, 0.2) is 77.7 Å². The van der Waals surface area contributed by atoms with E-state index in [0.29, 0.717) is 18.3 Å². The number of likely N-dealkylation sites (tertiary alicyclic amines) is 1. The predicted molar refractivity (Wildman–Crippen MR) is 198 cm³/mol. The van der Waals surface area contributed by atoms with Crippen LogP contribution in [0.1, 0.15) is 58.4 Å². The zero-order valence-electron chi connectivity index (χ0n) is 29.1. The molecule has 0 radical (unpaired) electrons. The van der Waals surface area contributed by atoms with Gasteiger partial charge in [0, 0.05) is 29.3 Å². The van der Waals surface area contributed by atoms with E-state index in [4.69, 9.17) is 0 Å². The molecule has 4 N–H and O–H groups in total. The monoisotopic (exact) mass is 708 g/mol. The molecule has 9 nitrogen and oxygen atoms in total. The van der Waals surface area contributed by atoms with Crippen LogP contribution in [0, 0.1) is 11.8 Å². The Hall–Kier alpha value is -2.96. The molecule has 5 rings (SSSR count). The SMILES string of the molecule is CC(C)(C)NC(=O)C1C[C@@H]2CCCC[C@@H]2CN1C[C@@H](O)[C@H](Cc1ccccc1)NC(=O)[C@@H](CSc1ccc2ccccc2c1)NS(C)(=O)=O. The van der Waals surface area contributed by atoms with Gasteiger partial charge in [0.15, 0.2) is 0 Å². The summed E-state index contributed by atoms with van der Waals surface area (Å²) >= 11 is 1.40. The van der Waals surface area contributed by atoms with E-state index in [-0.39, 0.29) is 29.8 Å². The number of amides is 2. The van der Waals surface area contributed by atoms with E-state index in [1.165, 1.54) is 24.6 Å². The lowest BCUT2D eigenvalue weighted by Gasteiger charge is -2.47. The minimum atomic E-state index is -3.73. The Kier molecular flexibility index (Phi) is 12.5. The quantitative estimate of drug-likeness (QED) is 0.189. The van der Waals surface area contributed by atoms with Crippen molar-refractivity contribution in [3.8, 4) is 0 Å². The molecule has 2 aliphatic rings. The number of sulfonamides is 1. The molecular formula is C38H52N4O5S2. The first-order valence-corrected chi connectivity index (χ1v) is 20.3. The Morgan fingerprint density at radius 2 is 1.63 bits per heavy atom. The third kappa shape index (κ3) is 11.0. The normalized spacial score (nSPS) is 22.1. The number of hydrogen-bond donors (Lipinski definition) is 4. The Morgan fingerprint density at radius 1 is 0.959 bits per heavy atom. The van der Waals surface area contributed by atoms with Crippen molar-refractivity contribution in [1.82, 2.24) is 20.3 Å². The molecule has 0 spiro atoms. The number of nitrogens with zero attached hydrogens (tertiary/aromatic N) is 1. The summed E-state index contributed by atoms with van der Waals surface area (Å²) in [4.78, 5) is 30.6. The van der Waals surface area contributed by atoms with Crippen LogP contribution < -0.4 is 15.4 Å². The molecule has 49 heavy (non-hydrogen) atoms. The van der Waals surface area contributed by atoms with Gasteiger partial charge in [0.25, 0.3) is 0 Å². The molecule has 11 heteroatoms. The second-order valence-electron chi connectivity index (χ2n) is 14.9. The van der Waals surface area contributed by atoms with Gasteiger partial charge in [0.2, 0.25) is 21.8 Å². The van der Waals surface area contributed by atoms with Crippen LogP contribution >= 0.6 is 11.8 Å². The number of rotatable bonds is 13. The van der Waals surface area contributed by atoms with Crippen LogP contribution in [0.25, 0.3) is 10.8 Å². The summed E-state index contributed by atoms with van der Waals surface area (Å²) in [5, 5.41) is 20.2. The number of aliphatic hydroxyl groups is 1. The highest BCUT2D eigenvalue weighted by Crippen LogP contribution is 2.39. The lowest BCUT2D eigenvalue weighted by molar-refractivity contribution is -0.133. The van der Waals surface area contributed by atoms with E-state index in [1.54, 1.807) is 0 Å². The second kappa shape index (κ2) is 16.4. The van der Waals surface area contributed by atoms with Gasteiger partial charge in [0.05, 0.1) is 24.4 Å². The van der Waals surface area contributed by atoms with Gasteiger partial charge in [-0.3, -0.25) is 14.5 Å². The van der Waals surface area contributed by atoms with E-state index in [2.05, 4.69) is 20.3 Å². The van der Waals surface area contributed by atoms with Crippen molar-refractivity contribution < 1.29 is 23.1 Å². The van der Waals surface area contributed by atoms with Crippen molar-refractivity contribution in [2.24, 2.45) is 11.8 Å². The van der Waals surface area contributed by atoms with Gasteiger partial charge in [-0.15, -0.1) is 11.8 Å². The maximum atomic E-state index is 13.9. The number of hydrogen-bond acceptors (Lipinski definition) is 7. The third-order valence-electron chi connectivity index (χ3n) is 9.63. The van der Waals surface area contributed by atoms with Crippen LogP contribution in [-0.2, 0) is 26.0 Å². The fourth-order valence-electron chi connectivity index (χ4n) is 7.29. The van der Waals surface area contributed by atoms with Gasteiger partial charge in [-0.05, 0) is 80.3 Å². The summed E-state index contributed by atoms with van der Waals surface area (Å²) in [6.07, 6.45) is 5.72. The number of piperidine rings is 1. The zero-order valence-corrected chi connectivity index (χ0v) is 30.7. The van der Waals surface area contributed by atoms with Crippen molar-refractivity contribution in [3.05, 3.63) is 78.4 Å². The van der Waals surface area contributed by atoms with E-state index in [9.17, 15) is 23.1 Å². The van der Waals surface area contributed by atoms with Crippen molar-refractivity contribution >= 4 is 44.4 Å². The number of thioether (sulfide) groups is 1. The molecule has 6 atom stereocenters. The summed E-state index contributed by atoms with van der Waals surface area (Å²) in [6.45, 7) is 6.85. The van der Waals surface area contributed by atoms with E-state index >= 15 is 0 Å². The predicted octanol–water partition coefficient (Wildman–Crippen LogP) is 4.73. The topological polar surface area (TPSA) is 128 Å². The summed E-state index contributed by atoms with van der Waals surface area (Å²) in [5.74, 6) is 0.579. The highest BCUT2D eigenvalue weighted by Gasteiger charge is 2.42. The average molecular weight is 709 g/mol. The van der Waals surface area contributed by atoms with Crippen molar-refractivity contribution in [3.63, 3.8) is 0 Å². The molecule has 1 saturated heterocycles. The number of nitrogens with one attached hydrogen (secondary N) is 3. The molecule has 3 aromatic rings. The lowest BCUT2D eigenvalue weighted by atomic mass is 9.72. The molecule has 1 aliphatic heterocycles. The first kappa shape index (κ1) is 37.3. The number of benzene rings is 3. The highest BCUT2D eigenvalue weighted by molar-refractivity contribution is 7.99. The van der Waals surface area contributed by atoms with Crippen LogP contribution in [-0.4, -0.2) is 85.1 Å². The zero-order chi connectivity index (χ0) is 35.2. The molecule has 0 aromatic heterocycles. The summed E-state index contributed by atoms with van der Waals surface area (Å²) < 4.78 is 27.4. The molecule has 2 fully saturated rings. The first-order chi connectivity index (χ1) is 23.2. The summed E-state index contributed by atoms with van der Waals surface area (Å²) in [6, 6.07) is 21.4. The fourth-order valence-corrected chi connectivity index (χ4v) is 9.07. The van der Waals surface area contributed by atoms with Gasteiger partial charge < -0.3 is 15.7 Å². The summed E-state index contributed by atoms with van der Waals surface area (Å²) in [7, 11) is -3.73. The molecule has 1 heterocycles. The molecule has 1 saturated carbocycles. The Labute approximate surface area is 296 Å². The van der Waals surface area contributed by atoms with Crippen LogP contribution in [0.3, 0.4) is 0 Å².